The molecule has 19 heavy (non-hydrogen) atoms. The molecule has 94 valence electrons. The van der Waals surface area contributed by atoms with Gasteiger partial charge in [0.2, 0.25) is 0 Å². The number of imide groups is 1. The average Bonchev–Trinajstić information content (AvgIpc) is 2.61. The Bertz CT molecular complexity index is 706. The van der Waals surface area contributed by atoms with E-state index in [1.54, 1.807) is 30.3 Å². The highest BCUT2D eigenvalue weighted by atomic mass is 16.3. The van der Waals surface area contributed by atoms with Crippen molar-refractivity contribution < 1.29 is 14.7 Å². The third-order valence-corrected chi connectivity index (χ3v) is 3.13. The Balaban J connectivity index is 2.13. The molecule has 0 saturated carbocycles. The fourth-order valence-corrected chi connectivity index (χ4v) is 2.22. The Morgan fingerprint density at radius 3 is 2.42 bits per heavy atom. The van der Waals surface area contributed by atoms with Gasteiger partial charge in [-0.05, 0) is 31.2 Å². The van der Waals surface area contributed by atoms with Crippen molar-refractivity contribution in [1.82, 2.24) is 0 Å². The number of carbonyl (C=O) groups excluding carboxylic acids is 2. The summed E-state index contributed by atoms with van der Waals surface area (Å²) in [4.78, 5) is 25.6. The standard InChI is InChI=1S/C15H11NO3/c1-9-5-6-12-13(7-9)15(19)16(14(12)18)10-3-2-4-11(17)8-10/h2-8,17H,1H3. The number of benzene rings is 2. The molecule has 0 spiro atoms. The van der Waals surface area contributed by atoms with Crippen molar-refractivity contribution in [3.8, 4) is 5.75 Å². The van der Waals surface area contributed by atoms with Gasteiger partial charge in [-0.3, -0.25) is 9.59 Å². The van der Waals surface area contributed by atoms with Gasteiger partial charge in [-0.25, -0.2) is 4.90 Å². The van der Waals surface area contributed by atoms with E-state index in [9.17, 15) is 14.7 Å². The summed E-state index contributed by atoms with van der Waals surface area (Å²) < 4.78 is 0. The summed E-state index contributed by atoms with van der Waals surface area (Å²) in [5.74, 6) is -0.690. The lowest BCUT2D eigenvalue weighted by molar-refractivity contribution is 0.0926. The largest absolute Gasteiger partial charge is 0.508 e. The van der Waals surface area contributed by atoms with E-state index in [-0.39, 0.29) is 17.6 Å². The van der Waals surface area contributed by atoms with Gasteiger partial charge >= 0.3 is 0 Å². The first-order valence-corrected chi connectivity index (χ1v) is 5.86. The summed E-state index contributed by atoms with van der Waals surface area (Å²) in [7, 11) is 0. The topological polar surface area (TPSA) is 57.6 Å². The fourth-order valence-electron chi connectivity index (χ4n) is 2.22. The number of carbonyl (C=O) groups is 2. The van der Waals surface area contributed by atoms with Crippen molar-refractivity contribution in [2.45, 2.75) is 6.92 Å². The fraction of sp³-hybridized carbons (Fsp3) is 0.0667. The lowest BCUT2D eigenvalue weighted by Gasteiger charge is -2.13. The van der Waals surface area contributed by atoms with Gasteiger partial charge < -0.3 is 5.11 Å². The molecule has 1 aliphatic heterocycles. The van der Waals surface area contributed by atoms with Crippen LogP contribution in [0.3, 0.4) is 0 Å². The summed E-state index contributed by atoms with van der Waals surface area (Å²) >= 11 is 0. The molecule has 1 N–H and O–H groups in total. The Hall–Kier alpha value is -2.62. The zero-order valence-corrected chi connectivity index (χ0v) is 10.3. The van der Waals surface area contributed by atoms with Gasteiger partial charge in [0.25, 0.3) is 11.8 Å². The summed E-state index contributed by atoms with van der Waals surface area (Å²) in [5.41, 5.74) is 2.12. The number of rotatable bonds is 1. The smallest absolute Gasteiger partial charge is 0.266 e. The van der Waals surface area contributed by atoms with E-state index < -0.39 is 0 Å². The molecule has 0 radical (unpaired) electrons. The highest BCUT2D eigenvalue weighted by Crippen LogP contribution is 2.30. The molecular formula is C15H11NO3. The molecule has 0 fully saturated rings. The van der Waals surface area contributed by atoms with Gasteiger partial charge in [0.1, 0.15) is 5.75 Å². The minimum absolute atomic E-state index is 0.0187. The predicted octanol–water partition coefficient (Wildman–Crippen LogP) is 2.50. The molecule has 0 saturated heterocycles. The summed E-state index contributed by atoms with van der Waals surface area (Å²) in [5, 5.41) is 9.46. The summed E-state index contributed by atoms with van der Waals surface area (Å²) in [6, 6.07) is 11.3. The van der Waals surface area contributed by atoms with Crippen LogP contribution < -0.4 is 4.90 Å². The van der Waals surface area contributed by atoms with Crippen LogP contribution in [0, 0.1) is 6.92 Å². The number of amides is 2. The maximum atomic E-state index is 12.3. The first-order valence-electron chi connectivity index (χ1n) is 5.86. The third kappa shape index (κ3) is 1.69. The molecule has 0 bridgehead atoms. The monoisotopic (exact) mass is 253 g/mol. The number of aryl methyl sites for hydroxylation is 1. The minimum atomic E-state index is -0.356. The highest BCUT2D eigenvalue weighted by Gasteiger charge is 2.36. The lowest BCUT2D eigenvalue weighted by Crippen LogP contribution is -2.29. The molecule has 4 nitrogen and oxygen atoms in total. The van der Waals surface area contributed by atoms with E-state index in [2.05, 4.69) is 0 Å². The van der Waals surface area contributed by atoms with Crippen LogP contribution in [-0.2, 0) is 0 Å². The quantitative estimate of drug-likeness (QED) is 0.794. The number of phenols is 1. The molecule has 3 rings (SSSR count). The van der Waals surface area contributed by atoms with E-state index in [1.165, 1.54) is 12.1 Å². The van der Waals surface area contributed by atoms with Crippen LogP contribution >= 0.6 is 0 Å². The van der Waals surface area contributed by atoms with Crippen molar-refractivity contribution in [2.24, 2.45) is 0 Å². The Morgan fingerprint density at radius 1 is 0.947 bits per heavy atom. The third-order valence-electron chi connectivity index (χ3n) is 3.13. The molecule has 2 aromatic carbocycles. The number of hydrogen-bond donors (Lipinski definition) is 1. The second kappa shape index (κ2) is 3.95. The van der Waals surface area contributed by atoms with E-state index in [0.29, 0.717) is 16.8 Å². The van der Waals surface area contributed by atoms with Crippen molar-refractivity contribution >= 4 is 17.5 Å². The second-order valence-electron chi connectivity index (χ2n) is 4.51. The van der Waals surface area contributed by atoms with Crippen molar-refractivity contribution in [1.29, 1.82) is 0 Å². The van der Waals surface area contributed by atoms with Gasteiger partial charge in [-0.2, -0.15) is 0 Å². The number of aromatic hydroxyl groups is 1. The van der Waals surface area contributed by atoms with Crippen LogP contribution in [0.25, 0.3) is 0 Å². The molecule has 2 aromatic rings. The molecule has 1 aliphatic rings. The van der Waals surface area contributed by atoms with Gasteiger partial charge in [0.15, 0.2) is 0 Å². The van der Waals surface area contributed by atoms with E-state index in [0.717, 1.165) is 10.5 Å². The van der Waals surface area contributed by atoms with E-state index in [4.69, 9.17) is 0 Å². The van der Waals surface area contributed by atoms with E-state index in [1.807, 2.05) is 6.92 Å². The van der Waals surface area contributed by atoms with Crippen LogP contribution in [-0.4, -0.2) is 16.9 Å². The Morgan fingerprint density at radius 2 is 1.68 bits per heavy atom. The molecule has 0 aromatic heterocycles. The molecule has 4 heteroatoms. The minimum Gasteiger partial charge on any atom is -0.508 e. The van der Waals surface area contributed by atoms with Crippen LogP contribution in [0.5, 0.6) is 5.75 Å². The van der Waals surface area contributed by atoms with Gasteiger partial charge in [0, 0.05) is 6.07 Å². The van der Waals surface area contributed by atoms with Crippen molar-refractivity contribution in [2.75, 3.05) is 4.90 Å². The SMILES string of the molecule is Cc1ccc2c(c1)C(=O)N(c1cccc(O)c1)C2=O. The first kappa shape index (κ1) is 11.5. The lowest BCUT2D eigenvalue weighted by atomic mass is 10.1. The van der Waals surface area contributed by atoms with Crippen LogP contribution in [0.1, 0.15) is 26.3 Å². The van der Waals surface area contributed by atoms with Crippen molar-refractivity contribution in [3.05, 3.63) is 59.2 Å². The number of anilines is 1. The van der Waals surface area contributed by atoms with Crippen molar-refractivity contribution in [3.63, 3.8) is 0 Å². The number of fused-ring (bicyclic) bond motifs is 1. The van der Waals surface area contributed by atoms with Crippen LogP contribution in [0.15, 0.2) is 42.5 Å². The predicted molar refractivity (Wildman–Crippen MR) is 70.4 cm³/mol. The van der Waals surface area contributed by atoms with Crippen LogP contribution in [0.4, 0.5) is 5.69 Å². The molecule has 0 unspecified atom stereocenters. The van der Waals surface area contributed by atoms with Gasteiger partial charge in [-0.15, -0.1) is 0 Å². The average molecular weight is 253 g/mol. The first-order chi connectivity index (χ1) is 9.08. The Kier molecular flexibility index (Phi) is 2.38. The summed E-state index contributed by atoms with van der Waals surface area (Å²) in [6.07, 6.45) is 0. The van der Waals surface area contributed by atoms with Gasteiger partial charge in [-0.1, -0.05) is 17.7 Å². The maximum Gasteiger partial charge on any atom is 0.266 e. The Labute approximate surface area is 109 Å². The molecule has 0 atom stereocenters. The number of hydrogen-bond acceptors (Lipinski definition) is 3. The number of phenolic OH excluding ortho intramolecular Hbond substituents is 1. The van der Waals surface area contributed by atoms with Crippen LogP contribution in [0.2, 0.25) is 0 Å². The zero-order chi connectivity index (χ0) is 13.6. The molecular weight excluding hydrogens is 242 g/mol. The van der Waals surface area contributed by atoms with Gasteiger partial charge in [0.05, 0.1) is 16.8 Å². The molecule has 0 aliphatic carbocycles. The molecule has 2 amide bonds. The normalized spacial score (nSPS) is 13.8. The molecule has 1 heterocycles. The number of nitrogens with zero attached hydrogens (tertiary/aromatic N) is 1. The summed E-state index contributed by atoms with van der Waals surface area (Å²) in [6.45, 7) is 1.87. The van der Waals surface area contributed by atoms with E-state index >= 15 is 0 Å². The zero-order valence-electron chi connectivity index (χ0n) is 10.3. The maximum absolute atomic E-state index is 12.3. The second-order valence-corrected chi connectivity index (χ2v) is 4.51. The highest BCUT2D eigenvalue weighted by molar-refractivity contribution is 6.34.